The van der Waals surface area contributed by atoms with E-state index >= 15 is 0 Å². The van der Waals surface area contributed by atoms with Gasteiger partial charge in [0.1, 0.15) is 0 Å². The molecule has 0 saturated heterocycles. The van der Waals surface area contributed by atoms with Gasteiger partial charge >= 0.3 is 0 Å². The molecule has 0 spiro atoms. The van der Waals surface area contributed by atoms with E-state index in [0.717, 1.165) is 75.5 Å². The van der Waals surface area contributed by atoms with E-state index in [4.69, 9.17) is 4.98 Å². The molecule has 0 amide bonds. The number of aliphatic hydroxyl groups is 2. The molecule has 0 fully saturated rings. The standard InChI is InChI=1S/C34H59NO2/c1-11-17-28(30(22-26(14-4)15-5)31(37)24-33(7,8)19-12-2)29-23-27(18-16-21-36)35-32(25(29)6)34(9,10)20-13-3/h22-23,28,36-37H,11-21,24H2,1-10H3/b31-30-. The highest BCUT2D eigenvalue weighted by atomic mass is 16.3. The third kappa shape index (κ3) is 9.89. The molecule has 1 rings (SSSR count). The SMILES string of the molecule is CCCC(/C(C=C(CC)CC)=C(\O)CC(C)(C)CCC)c1cc(CCCO)nc(C(C)(C)CCC)c1C. The van der Waals surface area contributed by atoms with E-state index in [-0.39, 0.29) is 23.4 Å². The predicted octanol–water partition coefficient (Wildman–Crippen LogP) is 10.1. The number of nitrogens with zero attached hydrogens (tertiary/aromatic N) is 1. The molecule has 0 radical (unpaired) electrons. The Hall–Kier alpha value is -1.61. The number of allylic oxidation sites excluding steroid dienone is 4. The van der Waals surface area contributed by atoms with Gasteiger partial charge in [0, 0.05) is 35.7 Å². The average molecular weight is 514 g/mol. The largest absolute Gasteiger partial charge is 0.512 e. The van der Waals surface area contributed by atoms with E-state index in [1.54, 1.807) is 0 Å². The van der Waals surface area contributed by atoms with Crippen molar-refractivity contribution in [1.82, 2.24) is 4.98 Å². The first kappa shape index (κ1) is 33.4. The fourth-order valence-electron chi connectivity index (χ4n) is 5.98. The molecule has 0 bridgehead atoms. The first-order chi connectivity index (χ1) is 17.4. The first-order valence-electron chi connectivity index (χ1n) is 15.1. The van der Waals surface area contributed by atoms with E-state index in [2.05, 4.69) is 81.4 Å². The van der Waals surface area contributed by atoms with Crippen LogP contribution in [0.3, 0.4) is 0 Å². The van der Waals surface area contributed by atoms with Gasteiger partial charge in [0.2, 0.25) is 0 Å². The van der Waals surface area contributed by atoms with Crippen molar-refractivity contribution in [3.8, 4) is 0 Å². The maximum atomic E-state index is 11.8. The van der Waals surface area contributed by atoms with E-state index in [1.807, 2.05) is 0 Å². The van der Waals surface area contributed by atoms with Crippen molar-refractivity contribution in [3.63, 3.8) is 0 Å². The molecule has 1 aromatic rings. The summed E-state index contributed by atoms with van der Waals surface area (Å²) < 4.78 is 0. The van der Waals surface area contributed by atoms with Crippen LogP contribution in [-0.4, -0.2) is 21.8 Å². The molecule has 3 heteroatoms. The van der Waals surface area contributed by atoms with E-state index in [0.29, 0.717) is 12.2 Å². The third-order valence-electron chi connectivity index (χ3n) is 7.97. The Labute approximate surface area is 229 Å². The summed E-state index contributed by atoms with van der Waals surface area (Å²) >= 11 is 0. The zero-order valence-corrected chi connectivity index (χ0v) is 26.1. The van der Waals surface area contributed by atoms with Gasteiger partial charge in [-0.25, -0.2) is 0 Å². The first-order valence-corrected chi connectivity index (χ1v) is 15.1. The summed E-state index contributed by atoms with van der Waals surface area (Å²) in [4.78, 5) is 5.18. The van der Waals surface area contributed by atoms with Crippen molar-refractivity contribution >= 4 is 0 Å². The molecule has 1 heterocycles. The Morgan fingerprint density at radius 2 is 1.59 bits per heavy atom. The normalized spacial score (nSPS) is 13.9. The smallest absolute Gasteiger partial charge is 0.0966 e. The summed E-state index contributed by atoms with van der Waals surface area (Å²) in [6, 6.07) is 2.28. The molecule has 0 aliphatic rings. The number of aryl methyl sites for hydroxylation is 1. The Morgan fingerprint density at radius 1 is 0.973 bits per heavy atom. The third-order valence-corrected chi connectivity index (χ3v) is 7.97. The monoisotopic (exact) mass is 513 g/mol. The molecule has 0 aliphatic carbocycles. The number of hydrogen-bond acceptors (Lipinski definition) is 3. The van der Waals surface area contributed by atoms with Crippen molar-refractivity contribution in [3.05, 3.63) is 51.6 Å². The van der Waals surface area contributed by atoms with Gasteiger partial charge in [0.15, 0.2) is 0 Å². The second kappa shape index (κ2) is 15.7. The van der Waals surface area contributed by atoms with Crippen LogP contribution in [0.15, 0.2) is 29.0 Å². The number of aliphatic hydroxyl groups excluding tert-OH is 2. The van der Waals surface area contributed by atoms with E-state index in [9.17, 15) is 10.2 Å². The quantitative estimate of drug-likeness (QED) is 0.161. The van der Waals surface area contributed by atoms with Gasteiger partial charge in [-0.2, -0.15) is 0 Å². The molecule has 2 N–H and O–H groups in total. The molecule has 1 atom stereocenters. The molecule has 0 saturated carbocycles. The van der Waals surface area contributed by atoms with E-state index < -0.39 is 0 Å². The van der Waals surface area contributed by atoms with Crippen molar-refractivity contribution in [2.45, 2.75) is 151 Å². The van der Waals surface area contributed by atoms with Crippen molar-refractivity contribution in [2.24, 2.45) is 5.41 Å². The lowest BCUT2D eigenvalue weighted by atomic mass is 9.76. The number of hydrogen-bond donors (Lipinski definition) is 2. The topological polar surface area (TPSA) is 53.4 Å². The van der Waals surface area contributed by atoms with Crippen LogP contribution in [0.2, 0.25) is 0 Å². The van der Waals surface area contributed by atoms with Crippen molar-refractivity contribution in [1.29, 1.82) is 0 Å². The molecule has 212 valence electrons. The minimum Gasteiger partial charge on any atom is -0.512 e. The zero-order valence-electron chi connectivity index (χ0n) is 26.1. The molecule has 37 heavy (non-hydrogen) atoms. The van der Waals surface area contributed by atoms with Gasteiger partial charge in [-0.15, -0.1) is 0 Å². The van der Waals surface area contributed by atoms with Gasteiger partial charge < -0.3 is 10.2 Å². The van der Waals surface area contributed by atoms with Crippen LogP contribution in [-0.2, 0) is 11.8 Å². The molecule has 3 nitrogen and oxygen atoms in total. The molecule has 0 aromatic carbocycles. The summed E-state index contributed by atoms with van der Waals surface area (Å²) in [7, 11) is 0. The number of pyridine rings is 1. The molecular weight excluding hydrogens is 454 g/mol. The second-order valence-electron chi connectivity index (χ2n) is 12.5. The predicted molar refractivity (Wildman–Crippen MR) is 162 cm³/mol. The summed E-state index contributed by atoms with van der Waals surface area (Å²) in [5.74, 6) is 0.682. The zero-order chi connectivity index (χ0) is 28.2. The Morgan fingerprint density at radius 3 is 2.11 bits per heavy atom. The minimum absolute atomic E-state index is 0.0253. The van der Waals surface area contributed by atoms with Crippen molar-refractivity contribution < 1.29 is 10.2 Å². The summed E-state index contributed by atoms with van der Waals surface area (Å²) in [6.45, 7) is 22.8. The molecule has 0 aliphatic heterocycles. The number of rotatable bonds is 17. The van der Waals surface area contributed by atoms with Crippen LogP contribution < -0.4 is 0 Å². The molecule has 1 unspecified atom stereocenters. The maximum absolute atomic E-state index is 11.8. The lowest BCUT2D eigenvalue weighted by Crippen LogP contribution is -2.23. The number of aromatic nitrogens is 1. The fourth-order valence-corrected chi connectivity index (χ4v) is 5.98. The summed E-state index contributed by atoms with van der Waals surface area (Å²) in [5, 5.41) is 21.3. The van der Waals surface area contributed by atoms with Gasteiger partial charge in [-0.05, 0) is 80.1 Å². The van der Waals surface area contributed by atoms with Crippen LogP contribution in [0.1, 0.15) is 155 Å². The Kier molecular flexibility index (Phi) is 14.2. The highest BCUT2D eigenvalue weighted by molar-refractivity contribution is 5.45. The highest BCUT2D eigenvalue weighted by Crippen LogP contribution is 2.41. The van der Waals surface area contributed by atoms with Crippen LogP contribution in [0.5, 0.6) is 0 Å². The van der Waals surface area contributed by atoms with Gasteiger partial charge in [-0.1, -0.05) is 93.2 Å². The van der Waals surface area contributed by atoms with Crippen LogP contribution in [0.4, 0.5) is 0 Å². The van der Waals surface area contributed by atoms with Crippen LogP contribution in [0.25, 0.3) is 0 Å². The summed E-state index contributed by atoms with van der Waals surface area (Å²) in [5.41, 5.74) is 7.34. The lowest BCUT2D eigenvalue weighted by Gasteiger charge is -2.31. The Bertz CT molecular complexity index is 885. The molecule has 1 aromatic heterocycles. The fraction of sp³-hybridized carbons (Fsp3) is 0.735. The van der Waals surface area contributed by atoms with Gasteiger partial charge in [-0.3, -0.25) is 4.98 Å². The minimum atomic E-state index is -0.0253. The molecular formula is C34H59NO2. The second-order valence-corrected chi connectivity index (χ2v) is 12.5. The lowest BCUT2D eigenvalue weighted by molar-refractivity contribution is 0.260. The van der Waals surface area contributed by atoms with Crippen molar-refractivity contribution in [2.75, 3.05) is 6.61 Å². The van der Waals surface area contributed by atoms with Crippen LogP contribution in [0, 0.1) is 12.3 Å². The maximum Gasteiger partial charge on any atom is 0.0966 e. The average Bonchev–Trinajstić information content (AvgIpc) is 2.82. The van der Waals surface area contributed by atoms with E-state index in [1.165, 1.54) is 22.4 Å². The summed E-state index contributed by atoms with van der Waals surface area (Å²) in [6.07, 6.45) is 12.9. The Balaban J connectivity index is 3.96. The van der Waals surface area contributed by atoms with Gasteiger partial charge in [0.05, 0.1) is 5.76 Å². The van der Waals surface area contributed by atoms with Gasteiger partial charge in [0.25, 0.3) is 0 Å². The highest BCUT2D eigenvalue weighted by Gasteiger charge is 2.30. The van der Waals surface area contributed by atoms with Crippen LogP contribution >= 0.6 is 0 Å².